The van der Waals surface area contributed by atoms with Gasteiger partial charge in [-0.05, 0) is 109 Å². The fraction of sp³-hybridized carbons (Fsp3) is 0. The summed E-state index contributed by atoms with van der Waals surface area (Å²) in [4.78, 5) is 0. The van der Waals surface area contributed by atoms with Crippen LogP contribution in [0.2, 0.25) is 0 Å². The minimum atomic E-state index is -2.40. The predicted molar refractivity (Wildman–Crippen MR) is 351 cm³/mol. The minimum absolute atomic E-state index is 0. The zero-order valence-corrected chi connectivity index (χ0v) is 53.0. The minimum Gasteiger partial charge on any atom is -0.366 e. The second kappa shape index (κ2) is 27.1. The van der Waals surface area contributed by atoms with Crippen LogP contribution < -0.4 is 68.1 Å². The van der Waals surface area contributed by atoms with Crippen molar-refractivity contribution in [2.24, 2.45) is 0 Å². The van der Waals surface area contributed by atoms with Crippen LogP contribution in [0.15, 0.2) is 322 Å². The van der Waals surface area contributed by atoms with E-state index in [9.17, 15) is 0 Å². The van der Waals surface area contributed by atoms with Crippen LogP contribution in [0, 0.1) is 24.7 Å². The average Bonchev–Trinajstić information content (AvgIpc) is 3.48. The summed E-state index contributed by atoms with van der Waals surface area (Å²) < 4.78 is 0. The normalized spacial score (nSPS) is 12.0. The Morgan fingerprint density at radius 1 is 0.293 bits per heavy atom. The molecular formula is C76H55Au2P2Si2+2. The van der Waals surface area contributed by atoms with Crippen molar-refractivity contribution in [2.45, 2.75) is 0 Å². The Bertz CT molecular complexity index is 3930. The number of rotatable bonds is 9. The molecule has 0 fully saturated rings. The van der Waals surface area contributed by atoms with Gasteiger partial charge in [0.15, 0.2) is 16.9 Å². The van der Waals surface area contributed by atoms with Crippen LogP contribution in [0.4, 0.5) is 0 Å². The molecule has 0 spiro atoms. The van der Waals surface area contributed by atoms with Crippen LogP contribution in [-0.2, 0) is 44.8 Å². The average molecular weight is 1480 g/mol. The van der Waals surface area contributed by atoms with Gasteiger partial charge in [0.05, 0.1) is 0 Å². The maximum atomic E-state index is 7.67. The van der Waals surface area contributed by atoms with E-state index in [0.29, 0.717) is 0 Å². The first-order valence-electron chi connectivity index (χ1n) is 27.1. The SMILES string of the molecule is [Au+].[Au+].[C-]#Cc1ccc2c(c1)-c1ccccc1[Si]2c1ccccc1.[C-]#Cc1ccc2c(c1)[Si](c1ccccc1)(c1ccccc1)c1ccccc1-2.c1ccc([PH+](c2ccccc2)c2ccccc2[PH+](c2ccccc2)c2ccccc2)cc1. The monoisotopic (exact) mass is 1480 g/mol. The molecule has 0 amide bonds. The summed E-state index contributed by atoms with van der Waals surface area (Å²) in [7, 11) is -5.59. The zero-order chi connectivity index (χ0) is 54.1. The Kier molecular flexibility index (Phi) is 19.1. The molecule has 82 heavy (non-hydrogen) atoms. The molecule has 0 atom stereocenters. The molecule has 0 saturated heterocycles. The molecule has 0 bridgehead atoms. The zero-order valence-electron chi connectivity index (χ0n) is 44.7. The smallest absolute Gasteiger partial charge is 0.366 e. The largest absolute Gasteiger partial charge is 1.00 e. The standard InChI is InChI=1S/C30H24P2.C26H17Si.C20H12Si.2Au/c1-5-15-25(16-6-1)31(26-17-7-2-8-18-26)29-23-13-14-24-30(29)32(27-19-9-3-10-20-27)28-21-11-4-12-22-28;1-2-20-17-18-24-23-15-9-10-16-25(23)27(26(24)19-20,21-11-5-3-6-12-21)22-13-7-4-8-14-22;1-2-15-12-13-20-18(14-15)17-10-6-7-11-19(17)21(20)16-8-4-3-5-9-16;;/h1-24H;3-19H;3-14H;;/q;2*-1;2*+1/p+2. The van der Waals surface area contributed by atoms with Gasteiger partial charge in [-0.3, -0.25) is 11.8 Å². The fourth-order valence-electron chi connectivity index (χ4n) is 11.9. The summed E-state index contributed by atoms with van der Waals surface area (Å²) >= 11 is 0. The Morgan fingerprint density at radius 3 is 1.12 bits per heavy atom. The molecule has 12 aromatic carbocycles. The third-order valence-corrected chi connectivity index (χ3v) is 28.9. The van der Waals surface area contributed by atoms with Crippen LogP contribution in [-0.4, -0.2) is 16.9 Å². The van der Waals surface area contributed by atoms with E-state index in [0.717, 1.165) is 11.1 Å². The summed E-state index contributed by atoms with van der Waals surface area (Å²) in [5.74, 6) is 5.10. The van der Waals surface area contributed by atoms with E-state index in [2.05, 4.69) is 321 Å². The molecule has 2 aliphatic rings. The summed E-state index contributed by atoms with van der Waals surface area (Å²) in [6.07, 6.45) is 15.0. The summed E-state index contributed by atoms with van der Waals surface area (Å²) in [6.45, 7) is 0. The molecule has 0 N–H and O–H groups in total. The number of benzene rings is 12. The van der Waals surface area contributed by atoms with E-state index in [4.69, 9.17) is 12.8 Å². The number of hydrogen-bond donors (Lipinski definition) is 0. The van der Waals surface area contributed by atoms with Gasteiger partial charge in [-0.1, -0.05) is 247 Å². The van der Waals surface area contributed by atoms with E-state index in [1.165, 1.54) is 90.4 Å². The second-order valence-electron chi connectivity index (χ2n) is 19.8. The molecule has 12 aromatic rings. The van der Waals surface area contributed by atoms with E-state index >= 15 is 0 Å². The molecule has 6 heteroatoms. The summed E-state index contributed by atoms with van der Waals surface area (Å²) in [5.41, 5.74) is 6.90. The molecule has 2 aliphatic heterocycles. The third-order valence-electron chi connectivity index (χ3n) is 15.3. The van der Waals surface area contributed by atoms with Crippen molar-refractivity contribution < 1.29 is 44.8 Å². The Morgan fingerprint density at radius 2 is 0.646 bits per heavy atom. The van der Waals surface area contributed by atoms with Gasteiger partial charge >= 0.3 is 44.8 Å². The van der Waals surface area contributed by atoms with Crippen LogP contribution in [0.25, 0.3) is 22.3 Å². The molecule has 1 radical (unpaired) electrons. The second-order valence-corrected chi connectivity index (χ2v) is 30.9. The molecular weight excluding hydrogens is 1420 g/mol. The fourth-order valence-corrected chi connectivity index (χ4v) is 26.0. The van der Waals surface area contributed by atoms with Crippen molar-refractivity contribution in [3.05, 3.63) is 345 Å². The molecule has 14 rings (SSSR count). The van der Waals surface area contributed by atoms with Crippen molar-refractivity contribution in [1.29, 1.82) is 0 Å². The Labute approximate surface area is 520 Å². The van der Waals surface area contributed by atoms with Crippen molar-refractivity contribution in [3.63, 3.8) is 0 Å². The first kappa shape index (κ1) is 57.8. The van der Waals surface area contributed by atoms with Crippen LogP contribution in [0.5, 0.6) is 0 Å². The first-order valence-corrected chi connectivity index (χ1v) is 33.6. The van der Waals surface area contributed by atoms with Gasteiger partial charge in [0.25, 0.3) is 0 Å². The molecule has 2 heterocycles. The van der Waals surface area contributed by atoms with Gasteiger partial charge in [0.2, 0.25) is 0 Å². The molecule has 397 valence electrons. The molecule has 0 unspecified atom stereocenters. The van der Waals surface area contributed by atoms with E-state index in [1.807, 2.05) is 12.1 Å². The molecule has 0 nitrogen and oxygen atoms in total. The van der Waals surface area contributed by atoms with Gasteiger partial charge in [0.1, 0.15) is 47.7 Å². The van der Waals surface area contributed by atoms with Crippen LogP contribution in [0.3, 0.4) is 0 Å². The Balaban J connectivity index is 0.000000139. The van der Waals surface area contributed by atoms with Crippen molar-refractivity contribution in [2.75, 3.05) is 0 Å². The van der Waals surface area contributed by atoms with Gasteiger partial charge in [0, 0.05) is 0 Å². The number of fused-ring (bicyclic) bond motifs is 6. The summed E-state index contributed by atoms with van der Waals surface area (Å²) in [5, 5.41) is 18.5. The Hall–Kier alpha value is -7.47. The molecule has 0 aromatic heterocycles. The maximum absolute atomic E-state index is 7.67. The number of hydrogen-bond acceptors (Lipinski definition) is 0. The van der Waals surface area contributed by atoms with Crippen molar-refractivity contribution >= 4 is 101 Å². The third kappa shape index (κ3) is 11.5. The van der Waals surface area contributed by atoms with Gasteiger partial charge in [-0.2, -0.15) is 0 Å². The predicted octanol–water partition coefficient (Wildman–Crippen LogP) is 9.77. The molecule has 0 aliphatic carbocycles. The maximum Gasteiger partial charge on any atom is 1.00 e. The van der Waals surface area contributed by atoms with Gasteiger partial charge in [-0.15, -0.1) is 35.4 Å². The summed E-state index contributed by atoms with van der Waals surface area (Å²) in [6, 6.07) is 116. The van der Waals surface area contributed by atoms with Crippen LogP contribution in [0.1, 0.15) is 11.1 Å². The van der Waals surface area contributed by atoms with E-state index in [1.54, 1.807) is 0 Å². The van der Waals surface area contributed by atoms with Crippen molar-refractivity contribution in [1.82, 2.24) is 0 Å². The van der Waals surface area contributed by atoms with Crippen LogP contribution >= 0.6 is 15.8 Å². The first-order chi connectivity index (χ1) is 39.6. The molecule has 0 saturated carbocycles. The van der Waals surface area contributed by atoms with Crippen molar-refractivity contribution in [3.8, 4) is 34.1 Å². The van der Waals surface area contributed by atoms with Gasteiger partial charge < -0.3 is 12.8 Å². The van der Waals surface area contributed by atoms with E-state index < -0.39 is 32.7 Å². The van der Waals surface area contributed by atoms with Gasteiger partial charge in [-0.25, -0.2) is 0 Å². The van der Waals surface area contributed by atoms with E-state index in [-0.39, 0.29) is 44.8 Å². The quantitative estimate of drug-likeness (QED) is 0.0585. The topological polar surface area (TPSA) is 0 Å².